The zero-order valence-electron chi connectivity index (χ0n) is 18.0. The van der Waals surface area contributed by atoms with E-state index in [0.717, 1.165) is 17.3 Å². The summed E-state index contributed by atoms with van der Waals surface area (Å²) in [6, 6.07) is 25.6. The number of nitrogens with zero attached hydrogens (tertiary/aromatic N) is 1. The number of hydrogen-bond acceptors (Lipinski definition) is 3. The topological polar surface area (TPSA) is 68.0 Å². The first-order valence-electron chi connectivity index (χ1n) is 10.6. The van der Waals surface area contributed by atoms with E-state index in [1.807, 2.05) is 60.7 Å². The minimum absolute atomic E-state index is 0.0188. The predicted molar refractivity (Wildman–Crippen MR) is 126 cm³/mol. The Kier molecular flexibility index (Phi) is 6.75. The highest BCUT2D eigenvalue weighted by molar-refractivity contribution is 5.96. The number of benzene rings is 3. The zero-order chi connectivity index (χ0) is 24.1. The molecule has 0 saturated heterocycles. The molecule has 4 nitrogen and oxygen atoms in total. The summed E-state index contributed by atoms with van der Waals surface area (Å²) in [5, 5.41) is 2.79. The molecule has 1 aromatic heterocycles. The van der Waals surface area contributed by atoms with Crippen LogP contribution in [-0.4, -0.2) is 16.9 Å². The Morgan fingerprint density at radius 3 is 1.91 bits per heavy atom. The maximum Gasteiger partial charge on any atom is 0.418 e. The van der Waals surface area contributed by atoms with Gasteiger partial charge in [-0.1, -0.05) is 72.8 Å². The molecular weight excluding hydrogens is 439 g/mol. The third kappa shape index (κ3) is 5.15. The number of rotatable bonds is 6. The van der Waals surface area contributed by atoms with Crippen molar-refractivity contribution in [3.63, 3.8) is 0 Å². The van der Waals surface area contributed by atoms with E-state index < -0.39 is 23.7 Å². The van der Waals surface area contributed by atoms with Gasteiger partial charge in [-0.3, -0.25) is 9.78 Å². The Balaban J connectivity index is 1.56. The molecule has 0 spiro atoms. The Morgan fingerprint density at radius 1 is 0.824 bits per heavy atom. The molecule has 4 rings (SSSR count). The van der Waals surface area contributed by atoms with Crippen LogP contribution in [0, 0.1) is 0 Å². The molecule has 7 heteroatoms. The molecule has 1 atom stereocenters. The lowest BCUT2D eigenvalue weighted by Crippen LogP contribution is -2.41. The van der Waals surface area contributed by atoms with E-state index in [9.17, 15) is 18.0 Å². The van der Waals surface area contributed by atoms with Crippen LogP contribution in [0.15, 0.2) is 103 Å². The Labute approximate surface area is 195 Å². The summed E-state index contributed by atoms with van der Waals surface area (Å²) in [6.45, 7) is 0. The zero-order valence-corrected chi connectivity index (χ0v) is 18.0. The lowest BCUT2D eigenvalue weighted by atomic mass is 9.85. The van der Waals surface area contributed by atoms with Crippen molar-refractivity contribution in [1.29, 1.82) is 0 Å². The highest BCUT2D eigenvalue weighted by Crippen LogP contribution is 2.36. The summed E-state index contributed by atoms with van der Waals surface area (Å²) in [4.78, 5) is 16.6. The van der Waals surface area contributed by atoms with Gasteiger partial charge in [0.1, 0.15) is 0 Å². The molecule has 4 aromatic rings. The maximum absolute atomic E-state index is 13.3. The number of pyridine rings is 1. The van der Waals surface area contributed by atoms with E-state index >= 15 is 0 Å². The van der Waals surface area contributed by atoms with Crippen LogP contribution < -0.4 is 11.1 Å². The van der Waals surface area contributed by atoms with Crippen molar-refractivity contribution < 1.29 is 18.0 Å². The SMILES string of the molecule is N[C@H](C(=O)Nc1ccc(-c2ccncc2C(F)(F)F)cc1)C(c1ccccc1)c1ccccc1. The number of amides is 1. The van der Waals surface area contributed by atoms with Gasteiger partial charge < -0.3 is 11.1 Å². The average molecular weight is 461 g/mol. The monoisotopic (exact) mass is 461 g/mol. The number of nitrogens with two attached hydrogens (primary N) is 1. The highest BCUT2D eigenvalue weighted by Gasteiger charge is 2.34. The van der Waals surface area contributed by atoms with Gasteiger partial charge in [0, 0.05) is 24.0 Å². The van der Waals surface area contributed by atoms with Crippen LogP contribution in [0.4, 0.5) is 18.9 Å². The summed E-state index contributed by atoms with van der Waals surface area (Å²) in [6.07, 6.45) is -2.41. The number of hydrogen-bond donors (Lipinski definition) is 2. The largest absolute Gasteiger partial charge is 0.418 e. The number of anilines is 1. The lowest BCUT2D eigenvalue weighted by molar-refractivity contribution is -0.137. The van der Waals surface area contributed by atoms with E-state index in [1.165, 1.54) is 24.4 Å². The first-order chi connectivity index (χ1) is 16.3. The van der Waals surface area contributed by atoms with Crippen molar-refractivity contribution in [2.45, 2.75) is 18.1 Å². The standard InChI is InChI=1S/C27H22F3N3O/c28-27(29,30)23-17-32-16-15-22(23)18-11-13-21(14-12-18)33-26(34)25(31)24(19-7-3-1-4-8-19)20-9-5-2-6-10-20/h1-17,24-25H,31H2,(H,33,34)/t25-/m0/s1. The van der Waals surface area contributed by atoms with Crippen molar-refractivity contribution in [2.24, 2.45) is 5.73 Å². The second kappa shape index (κ2) is 9.89. The van der Waals surface area contributed by atoms with Gasteiger partial charge in [-0.2, -0.15) is 13.2 Å². The molecule has 0 bridgehead atoms. The first kappa shape index (κ1) is 23.2. The fourth-order valence-electron chi connectivity index (χ4n) is 3.91. The minimum Gasteiger partial charge on any atom is -0.325 e. The van der Waals surface area contributed by atoms with Crippen molar-refractivity contribution in [3.8, 4) is 11.1 Å². The van der Waals surface area contributed by atoms with Gasteiger partial charge >= 0.3 is 6.18 Å². The fourth-order valence-corrected chi connectivity index (χ4v) is 3.91. The molecule has 3 aromatic carbocycles. The molecule has 0 aliphatic carbocycles. The summed E-state index contributed by atoms with van der Waals surface area (Å²) >= 11 is 0. The van der Waals surface area contributed by atoms with Crippen LogP contribution in [0.25, 0.3) is 11.1 Å². The molecule has 0 fully saturated rings. The third-order valence-electron chi connectivity index (χ3n) is 5.57. The molecule has 3 N–H and O–H groups in total. The number of nitrogens with one attached hydrogen (secondary N) is 1. The molecule has 172 valence electrons. The van der Waals surface area contributed by atoms with Crippen LogP contribution in [0.3, 0.4) is 0 Å². The van der Waals surface area contributed by atoms with E-state index in [-0.39, 0.29) is 11.5 Å². The molecule has 1 heterocycles. The molecule has 0 saturated carbocycles. The maximum atomic E-state index is 13.3. The Bertz CT molecular complexity index is 1200. The molecule has 0 unspecified atom stereocenters. The first-order valence-corrected chi connectivity index (χ1v) is 10.6. The van der Waals surface area contributed by atoms with Gasteiger partial charge in [-0.25, -0.2) is 0 Å². The van der Waals surface area contributed by atoms with Crippen molar-refractivity contribution in [2.75, 3.05) is 5.32 Å². The predicted octanol–water partition coefficient (Wildman–Crippen LogP) is 5.87. The number of aromatic nitrogens is 1. The molecule has 0 aliphatic heterocycles. The minimum atomic E-state index is -4.52. The fraction of sp³-hybridized carbons (Fsp3) is 0.111. The van der Waals surface area contributed by atoms with E-state index in [1.54, 1.807) is 12.1 Å². The molecule has 34 heavy (non-hydrogen) atoms. The van der Waals surface area contributed by atoms with Gasteiger partial charge in [-0.15, -0.1) is 0 Å². The smallest absolute Gasteiger partial charge is 0.325 e. The molecule has 1 amide bonds. The van der Waals surface area contributed by atoms with Crippen LogP contribution in [0.2, 0.25) is 0 Å². The molecule has 0 aliphatic rings. The lowest BCUT2D eigenvalue weighted by Gasteiger charge is -2.24. The van der Waals surface area contributed by atoms with Crippen molar-refractivity contribution in [3.05, 3.63) is 120 Å². The number of carbonyl (C=O) groups is 1. The van der Waals surface area contributed by atoms with Crippen molar-refractivity contribution >= 4 is 11.6 Å². The second-order valence-corrected chi connectivity index (χ2v) is 7.81. The normalized spacial score (nSPS) is 12.4. The third-order valence-corrected chi connectivity index (χ3v) is 5.57. The van der Waals surface area contributed by atoms with Crippen molar-refractivity contribution in [1.82, 2.24) is 4.98 Å². The van der Waals surface area contributed by atoms with E-state index in [2.05, 4.69) is 10.3 Å². The van der Waals surface area contributed by atoms with Gasteiger partial charge in [0.25, 0.3) is 0 Å². The van der Waals surface area contributed by atoms with Gasteiger partial charge in [-0.05, 0) is 40.5 Å². The van der Waals surface area contributed by atoms with Gasteiger partial charge in [0.2, 0.25) is 5.91 Å². The van der Waals surface area contributed by atoms with E-state index in [4.69, 9.17) is 5.73 Å². The van der Waals surface area contributed by atoms with Crippen LogP contribution in [-0.2, 0) is 11.0 Å². The second-order valence-electron chi connectivity index (χ2n) is 7.81. The van der Waals surface area contributed by atoms with Crippen LogP contribution in [0.1, 0.15) is 22.6 Å². The van der Waals surface area contributed by atoms with Gasteiger partial charge in [0.15, 0.2) is 0 Å². The summed E-state index contributed by atoms with van der Waals surface area (Å²) in [5.74, 6) is -0.766. The van der Waals surface area contributed by atoms with Crippen LogP contribution >= 0.6 is 0 Å². The number of carbonyl (C=O) groups excluding carboxylic acids is 1. The summed E-state index contributed by atoms with van der Waals surface area (Å²) in [5.41, 5.74) is 8.23. The summed E-state index contributed by atoms with van der Waals surface area (Å²) < 4.78 is 40.0. The average Bonchev–Trinajstić information content (AvgIpc) is 2.85. The summed E-state index contributed by atoms with van der Waals surface area (Å²) in [7, 11) is 0. The Morgan fingerprint density at radius 2 is 1.38 bits per heavy atom. The number of alkyl halides is 3. The van der Waals surface area contributed by atoms with Crippen LogP contribution in [0.5, 0.6) is 0 Å². The highest BCUT2D eigenvalue weighted by atomic mass is 19.4. The Hall–Kier alpha value is -3.97. The van der Waals surface area contributed by atoms with Gasteiger partial charge in [0.05, 0.1) is 11.6 Å². The molecular formula is C27H22F3N3O. The number of halogens is 3. The van der Waals surface area contributed by atoms with E-state index in [0.29, 0.717) is 11.3 Å². The quantitative estimate of drug-likeness (QED) is 0.378. The molecule has 0 radical (unpaired) electrons.